The summed E-state index contributed by atoms with van der Waals surface area (Å²) in [5, 5.41) is 16.4. The van der Waals surface area contributed by atoms with Crippen molar-refractivity contribution >= 4 is 10.8 Å². The topological polar surface area (TPSA) is 35.5 Å². The number of aliphatic hydroxyl groups excluding tert-OH is 1. The molecule has 1 unspecified atom stereocenters. The molecule has 1 aliphatic heterocycles. The third-order valence-corrected chi connectivity index (χ3v) is 4.46. The van der Waals surface area contributed by atoms with Crippen LogP contribution < -0.4 is 5.32 Å². The van der Waals surface area contributed by atoms with E-state index in [0.717, 1.165) is 44.7 Å². The molecule has 2 N–H and O–H groups in total. The predicted octanol–water partition coefficient (Wildman–Crippen LogP) is 2.48. The molecule has 1 atom stereocenters. The van der Waals surface area contributed by atoms with Crippen molar-refractivity contribution in [3.63, 3.8) is 0 Å². The van der Waals surface area contributed by atoms with Crippen LogP contribution in [0.2, 0.25) is 0 Å². The fourth-order valence-corrected chi connectivity index (χ4v) is 3.16. The summed E-state index contributed by atoms with van der Waals surface area (Å²) in [6, 6.07) is 12.6. The van der Waals surface area contributed by atoms with Gasteiger partial charge >= 0.3 is 0 Å². The van der Waals surface area contributed by atoms with Gasteiger partial charge in [0.1, 0.15) is 0 Å². The van der Waals surface area contributed by atoms with Crippen LogP contribution in [0.1, 0.15) is 23.7 Å². The molecule has 0 aromatic heterocycles. The molecule has 2 aromatic rings. The van der Waals surface area contributed by atoms with Gasteiger partial charge in [0.05, 0.1) is 6.10 Å². The molecule has 0 saturated carbocycles. The third-order valence-electron chi connectivity index (χ3n) is 4.46. The van der Waals surface area contributed by atoms with Crippen molar-refractivity contribution in [2.45, 2.75) is 19.4 Å². The maximum atomic E-state index is 10.6. The van der Waals surface area contributed by atoms with Crippen LogP contribution in [0.3, 0.4) is 0 Å². The summed E-state index contributed by atoms with van der Waals surface area (Å²) in [7, 11) is 0. The molecule has 21 heavy (non-hydrogen) atoms. The molecule has 1 aliphatic rings. The Labute approximate surface area is 126 Å². The lowest BCUT2D eigenvalue weighted by molar-refractivity contribution is 0.138. The third kappa shape index (κ3) is 3.26. The van der Waals surface area contributed by atoms with E-state index < -0.39 is 0 Å². The molecule has 112 valence electrons. The van der Waals surface area contributed by atoms with Crippen LogP contribution in [0.5, 0.6) is 0 Å². The van der Waals surface area contributed by atoms with Crippen LogP contribution >= 0.6 is 0 Å². The molecule has 0 spiro atoms. The van der Waals surface area contributed by atoms with Gasteiger partial charge in [0.2, 0.25) is 0 Å². The smallest absolute Gasteiger partial charge is 0.0808 e. The zero-order valence-corrected chi connectivity index (χ0v) is 12.7. The van der Waals surface area contributed by atoms with Gasteiger partial charge in [-0.25, -0.2) is 0 Å². The number of nitrogens with zero attached hydrogens (tertiary/aromatic N) is 1. The van der Waals surface area contributed by atoms with Gasteiger partial charge in [-0.2, -0.15) is 0 Å². The lowest BCUT2D eigenvalue weighted by Crippen LogP contribution is -2.44. The fraction of sp³-hybridized carbons (Fsp3) is 0.444. The number of piperazine rings is 1. The minimum atomic E-state index is -0.384. The van der Waals surface area contributed by atoms with Crippen LogP contribution in [0.25, 0.3) is 10.8 Å². The SMILES string of the molecule is Cc1ccc(C(O)CCN2CCNCC2)c2ccccc12. The number of aryl methyl sites for hydroxylation is 1. The fourth-order valence-electron chi connectivity index (χ4n) is 3.16. The summed E-state index contributed by atoms with van der Waals surface area (Å²) < 4.78 is 0. The predicted molar refractivity (Wildman–Crippen MR) is 87.6 cm³/mol. The Bertz CT molecular complexity index is 605. The number of hydrogen-bond donors (Lipinski definition) is 2. The number of rotatable bonds is 4. The second-order valence-corrected chi connectivity index (χ2v) is 5.91. The van der Waals surface area contributed by atoms with E-state index in [1.807, 2.05) is 6.07 Å². The van der Waals surface area contributed by atoms with Crippen molar-refractivity contribution in [2.24, 2.45) is 0 Å². The molecule has 1 saturated heterocycles. The van der Waals surface area contributed by atoms with Gasteiger partial charge < -0.3 is 15.3 Å². The summed E-state index contributed by atoms with van der Waals surface area (Å²) in [6.45, 7) is 7.38. The van der Waals surface area contributed by atoms with Crippen LogP contribution in [-0.4, -0.2) is 42.7 Å². The highest BCUT2D eigenvalue weighted by molar-refractivity contribution is 5.88. The Morgan fingerprint density at radius 1 is 1.10 bits per heavy atom. The number of aliphatic hydroxyl groups is 1. The first-order chi connectivity index (χ1) is 10.3. The standard InChI is InChI=1S/C18H24N2O/c1-14-6-7-17(16-5-3-2-4-15(14)16)18(21)8-11-20-12-9-19-10-13-20/h2-7,18-19,21H,8-13H2,1H3. The average Bonchev–Trinajstić information content (AvgIpc) is 2.54. The van der Waals surface area contributed by atoms with Gasteiger partial charge in [0, 0.05) is 32.7 Å². The number of hydrogen-bond acceptors (Lipinski definition) is 3. The Kier molecular flexibility index (Phi) is 4.54. The number of nitrogens with one attached hydrogen (secondary N) is 1. The van der Waals surface area contributed by atoms with Gasteiger partial charge in [-0.05, 0) is 35.2 Å². The van der Waals surface area contributed by atoms with E-state index >= 15 is 0 Å². The van der Waals surface area contributed by atoms with Crippen molar-refractivity contribution in [1.29, 1.82) is 0 Å². The van der Waals surface area contributed by atoms with E-state index in [4.69, 9.17) is 0 Å². The molecule has 1 fully saturated rings. The molecular weight excluding hydrogens is 260 g/mol. The molecule has 3 nitrogen and oxygen atoms in total. The van der Waals surface area contributed by atoms with Crippen LogP contribution in [0.4, 0.5) is 0 Å². The highest BCUT2D eigenvalue weighted by atomic mass is 16.3. The van der Waals surface area contributed by atoms with Crippen LogP contribution in [-0.2, 0) is 0 Å². The molecule has 0 aliphatic carbocycles. The highest BCUT2D eigenvalue weighted by Gasteiger charge is 2.15. The van der Waals surface area contributed by atoms with E-state index in [9.17, 15) is 5.11 Å². The van der Waals surface area contributed by atoms with Crippen LogP contribution in [0, 0.1) is 6.92 Å². The zero-order chi connectivity index (χ0) is 14.7. The molecule has 3 heteroatoms. The first-order valence-corrected chi connectivity index (χ1v) is 7.85. The first-order valence-electron chi connectivity index (χ1n) is 7.85. The monoisotopic (exact) mass is 284 g/mol. The quantitative estimate of drug-likeness (QED) is 0.905. The van der Waals surface area contributed by atoms with Crippen molar-refractivity contribution in [3.05, 3.63) is 47.5 Å². The van der Waals surface area contributed by atoms with Gasteiger partial charge in [0.15, 0.2) is 0 Å². The van der Waals surface area contributed by atoms with Crippen molar-refractivity contribution < 1.29 is 5.11 Å². The Morgan fingerprint density at radius 3 is 2.57 bits per heavy atom. The maximum Gasteiger partial charge on any atom is 0.0808 e. The van der Waals surface area contributed by atoms with Gasteiger partial charge in [-0.3, -0.25) is 0 Å². The van der Waals surface area contributed by atoms with E-state index in [0.29, 0.717) is 0 Å². The number of benzene rings is 2. The minimum absolute atomic E-state index is 0.384. The van der Waals surface area contributed by atoms with E-state index in [1.165, 1.54) is 16.3 Å². The molecule has 1 heterocycles. The molecule has 0 bridgehead atoms. The van der Waals surface area contributed by atoms with Crippen LogP contribution in [0.15, 0.2) is 36.4 Å². The normalized spacial score (nSPS) is 18.0. The molecule has 0 amide bonds. The molecule has 2 aromatic carbocycles. The van der Waals surface area contributed by atoms with E-state index in [2.05, 4.69) is 47.5 Å². The highest BCUT2D eigenvalue weighted by Crippen LogP contribution is 2.28. The average molecular weight is 284 g/mol. The lowest BCUT2D eigenvalue weighted by Gasteiger charge is -2.28. The molecule has 0 radical (unpaired) electrons. The summed E-state index contributed by atoms with van der Waals surface area (Å²) in [6.07, 6.45) is 0.415. The summed E-state index contributed by atoms with van der Waals surface area (Å²) in [5.41, 5.74) is 2.33. The summed E-state index contributed by atoms with van der Waals surface area (Å²) >= 11 is 0. The van der Waals surface area contributed by atoms with Gasteiger partial charge in [-0.1, -0.05) is 36.4 Å². The second-order valence-electron chi connectivity index (χ2n) is 5.91. The summed E-state index contributed by atoms with van der Waals surface area (Å²) in [5.74, 6) is 0. The van der Waals surface area contributed by atoms with Crippen molar-refractivity contribution in [1.82, 2.24) is 10.2 Å². The Balaban J connectivity index is 1.75. The number of fused-ring (bicyclic) bond motifs is 1. The van der Waals surface area contributed by atoms with Gasteiger partial charge in [0.25, 0.3) is 0 Å². The van der Waals surface area contributed by atoms with Crippen molar-refractivity contribution in [3.8, 4) is 0 Å². The van der Waals surface area contributed by atoms with E-state index in [-0.39, 0.29) is 6.10 Å². The second kappa shape index (κ2) is 6.56. The zero-order valence-electron chi connectivity index (χ0n) is 12.7. The largest absolute Gasteiger partial charge is 0.388 e. The summed E-state index contributed by atoms with van der Waals surface area (Å²) in [4.78, 5) is 2.43. The molecular formula is C18H24N2O. The Morgan fingerprint density at radius 2 is 1.81 bits per heavy atom. The van der Waals surface area contributed by atoms with E-state index in [1.54, 1.807) is 0 Å². The van der Waals surface area contributed by atoms with Crippen molar-refractivity contribution in [2.75, 3.05) is 32.7 Å². The first kappa shape index (κ1) is 14.5. The molecule has 3 rings (SSSR count). The maximum absolute atomic E-state index is 10.6. The Hall–Kier alpha value is -1.42. The lowest BCUT2D eigenvalue weighted by atomic mass is 9.95. The van der Waals surface area contributed by atoms with Gasteiger partial charge in [-0.15, -0.1) is 0 Å². The minimum Gasteiger partial charge on any atom is -0.388 e.